The summed E-state index contributed by atoms with van der Waals surface area (Å²) in [7, 11) is 0. The quantitative estimate of drug-likeness (QED) is 0.666. The third-order valence-electron chi connectivity index (χ3n) is 3.40. The lowest BCUT2D eigenvalue weighted by Crippen LogP contribution is -2.45. The number of aliphatic carboxylic acids is 1. The second kappa shape index (κ2) is 5.57. The fourth-order valence-corrected chi connectivity index (χ4v) is 2.45. The number of carboxylic acids is 1. The Balaban J connectivity index is 2.50. The van der Waals surface area contributed by atoms with E-state index in [9.17, 15) is 20.0 Å². The van der Waals surface area contributed by atoms with E-state index in [1.807, 2.05) is 6.07 Å². The molecule has 1 N–H and O–H groups in total. The minimum atomic E-state index is -0.999. The normalized spacial score (nSPS) is 18.4. The Morgan fingerprint density at radius 3 is 2.85 bits per heavy atom. The molecular weight excluding hydrogens is 262 g/mol. The summed E-state index contributed by atoms with van der Waals surface area (Å²) >= 11 is 0. The van der Waals surface area contributed by atoms with Crippen molar-refractivity contribution in [2.45, 2.75) is 25.3 Å². The fraction of sp³-hybridized carbons (Fsp3) is 0.385. The number of carbonyl (C=O) groups is 1. The number of nitrogens with zero attached hydrogens (tertiary/aromatic N) is 3. The van der Waals surface area contributed by atoms with Crippen LogP contribution in [0.3, 0.4) is 0 Å². The molecule has 0 spiro atoms. The minimum Gasteiger partial charge on any atom is -0.480 e. The maximum Gasteiger partial charge on any atom is 0.326 e. The van der Waals surface area contributed by atoms with Crippen molar-refractivity contribution >= 4 is 17.3 Å². The number of nitro groups is 1. The first-order valence-corrected chi connectivity index (χ1v) is 6.22. The van der Waals surface area contributed by atoms with Crippen LogP contribution in [-0.2, 0) is 4.79 Å². The predicted molar refractivity (Wildman–Crippen MR) is 70.4 cm³/mol. The molecule has 20 heavy (non-hydrogen) atoms. The molecule has 1 saturated heterocycles. The fourth-order valence-electron chi connectivity index (χ4n) is 2.45. The van der Waals surface area contributed by atoms with E-state index in [0.717, 1.165) is 12.8 Å². The highest BCUT2D eigenvalue weighted by Crippen LogP contribution is 2.33. The van der Waals surface area contributed by atoms with E-state index in [2.05, 4.69) is 0 Å². The molecule has 1 aromatic rings. The largest absolute Gasteiger partial charge is 0.480 e. The first kappa shape index (κ1) is 13.8. The number of hydrogen-bond donors (Lipinski definition) is 1. The highest BCUT2D eigenvalue weighted by atomic mass is 16.6. The summed E-state index contributed by atoms with van der Waals surface area (Å²) in [6.45, 7) is 0.437. The van der Waals surface area contributed by atoms with Gasteiger partial charge in [-0.3, -0.25) is 10.1 Å². The van der Waals surface area contributed by atoms with Crippen LogP contribution in [-0.4, -0.2) is 28.6 Å². The standard InChI is InChI=1S/C13H13N3O4/c14-8-9-4-5-10(16(19)20)12(7-9)15-6-2-1-3-11(15)13(17)18/h4-5,7,11H,1-3,6H2,(H,17,18). The molecule has 0 aliphatic carbocycles. The summed E-state index contributed by atoms with van der Waals surface area (Å²) < 4.78 is 0. The van der Waals surface area contributed by atoms with Crippen LogP contribution in [0.15, 0.2) is 18.2 Å². The highest BCUT2D eigenvalue weighted by Gasteiger charge is 2.32. The molecule has 104 valence electrons. The SMILES string of the molecule is N#Cc1ccc([N+](=O)[O-])c(N2CCCCC2C(=O)O)c1. The van der Waals surface area contributed by atoms with Gasteiger partial charge in [-0.25, -0.2) is 4.79 Å². The van der Waals surface area contributed by atoms with E-state index in [1.165, 1.54) is 23.1 Å². The molecule has 2 rings (SSSR count). The second-order valence-electron chi connectivity index (χ2n) is 4.62. The van der Waals surface area contributed by atoms with Crippen molar-refractivity contribution in [3.05, 3.63) is 33.9 Å². The van der Waals surface area contributed by atoms with Crippen molar-refractivity contribution in [2.24, 2.45) is 0 Å². The van der Waals surface area contributed by atoms with Crippen molar-refractivity contribution in [1.29, 1.82) is 5.26 Å². The first-order valence-electron chi connectivity index (χ1n) is 6.22. The van der Waals surface area contributed by atoms with Gasteiger partial charge in [-0.2, -0.15) is 5.26 Å². The Morgan fingerprint density at radius 1 is 1.50 bits per heavy atom. The number of hydrogen-bond acceptors (Lipinski definition) is 5. The zero-order chi connectivity index (χ0) is 14.7. The lowest BCUT2D eigenvalue weighted by atomic mass is 10.0. The van der Waals surface area contributed by atoms with Crippen molar-refractivity contribution in [3.8, 4) is 6.07 Å². The lowest BCUT2D eigenvalue weighted by molar-refractivity contribution is -0.384. The van der Waals surface area contributed by atoms with Crippen LogP contribution in [0.2, 0.25) is 0 Å². The van der Waals surface area contributed by atoms with Crippen molar-refractivity contribution in [3.63, 3.8) is 0 Å². The molecule has 1 aliphatic rings. The monoisotopic (exact) mass is 275 g/mol. The van der Waals surface area contributed by atoms with E-state index in [4.69, 9.17) is 5.26 Å². The molecular formula is C13H13N3O4. The van der Waals surface area contributed by atoms with Gasteiger partial charge in [-0.1, -0.05) is 0 Å². The van der Waals surface area contributed by atoms with E-state index in [0.29, 0.717) is 13.0 Å². The van der Waals surface area contributed by atoms with Crippen LogP contribution in [0.1, 0.15) is 24.8 Å². The van der Waals surface area contributed by atoms with E-state index >= 15 is 0 Å². The van der Waals surface area contributed by atoms with Crippen molar-refractivity contribution in [1.82, 2.24) is 0 Å². The van der Waals surface area contributed by atoms with Gasteiger partial charge in [0.25, 0.3) is 5.69 Å². The van der Waals surface area contributed by atoms with Gasteiger partial charge in [0.1, 0.15) is 11.7 Å². The molecule has 0 bridgehead atoms. The minimum absolute atomic E-state index is 0.169. The second-order valence-corrected chi connectivity index (χ2v) is 4.62. The van der Waals surface area contributed by atoms with Crippen LogP contribution < -0.4 is 4.90 Å². The molecule has 1 heterocycles. The Bertz CT molecular complexity index is 594. The molecule has 0 radical (unpaired) electrons. The van der Waals surface area contributed by atoms with Gasteiger partial charge in [0.2, 0.25) is 0 Å². The van der Waals surface area contributed by atoms with Gasteiger partial charge in [0.05, 0.1) is 16.6 Å². The van der Waals surface area contributed by atoms with Gasteiger partial charge in [-0.15, -0.1) is 0 Å². The zero-order valence-electron chi connectivity index (χ0n) is 10.7. The van der Waals surface area contributed by atoms with E-state index in [-0.39, 0.29) is 16.9 Å². The summed E-state index contributed by atoms with van der Waals surface area (Å²) in [6, 6.07) is 5.14. The summed E-state index contributed by atoms with van der Waals surface area (Å²) in [5.74, 6) is -0.999. The number of anilines is 1. The molecule has 1 fully saturated rings. The van der Waals surface area contributed by atoms with Crippen molar-refractivity contribution < 1.29 is 14.8 Å². The number of benzene rings is 1. The number of nitriles is 1. The average molecular weight is 275 g/mol. The average Bonchev–Trinajstić information content (AvgIpc) is 2.46. The molecule has 1 unspecified atom stereocenters. The third-order valence-corrected chi connectivity index (χ3v) is 3.40. The van der Waals surface area contributed by atoms with Crippen LogP contribution >= 0.6 is 0 Å². The maximum atomic E-state index is 11.3. The summed E-state index contributed by atoms with van der Waals surface area (Å²) in [5, 5.41) is 29.2. The molecule has 0 amide bonds. The Labute approximate surface area is 115 Å². The van der Waals surface area contributed by atoms with Gasteiger partial charge in [0.15, 0.2) is 0 Å². The molecule has 7 nitrogen and oxygen atoms in total. The first-order chi connectivity index (χ1) is 9.54. The highest BCUT2D eigenvalue weighted by molar-refractivity contribution is 5.80. The number of piperidine rings is 1. The summed E-state index contributed by atoms with van der Waals surface area (Å²) in [5.41, 5.74) is 0.318. The summed E-state index contributed by atoms with van der Waals surface area (Å²) in [6.07, 6.45) is 2.00. The third kappa shape index (κ3) is 2.54. The number of nitro benzene ring substituents is 1. The number of rotatable bonds is 3. The molecule has 0 aromatic heterocycles. The molecule has 7 heteroatoms. The Hall–Kier alpha value is -2.62. The lowest BCUT2D eigenvalue weighted by Gasteiger charge is -2.34. The summed E-state index contributed by atoms with van der Waals surface area (Å²) in [4.78, 5) is 23.4. The molecule has 1 aliphatic heterocycles. The van der Waals surface area contributed by atoms with E-state index in [1.54, 1.807) is 0 Å². The molecule has 0 saturated carbocycles. The zero-order valence-corrected chi connectivity index (χ0v) is 10.7. The number of carboxylic acid groups (broad SMARTS) is 1. The van der Waals surface area contributed by atoms with Gasteiger partial charge in [0, 0.05) is 12.6 Å². The van der Waals surface area contributed by atoms with Crippen molar-refractivity contribution in [2.75, 3.05) is 11.4 Å². The van der Waals surface area contributed by atoms with Gasteiger partial charge in [-0.05, 0) is 31.4 Å². The van der Waals surface area contributed by atoms with Gasteiger partial charge < -0.3 is 10.0 Å². The smallest absolute Gasteiger partial charge is 0.326 e. The Morgan fingerprint density at radius 2 is 2.25 bits per heavy atom. The van der Waals surface area contributed by atoms with Crippen LogP contribution in [0.4, 0.5) is 11.4 Å². The maximum absolute atomic E-state index is 11.3. The van der Waals surface area contributed by atoms with Crippen LogP contribution in [0, 0.1) is 21.4 Å². The van der Waals surface area contributed by atoms with Crippen LogP contribution in [0.5, 0.6) is 0 Å². The molecule has 1 aromatic carbocycles. The topological polar surface area (TPSA) is 107 Å². The van der Waals surface area contributed by atoms with E-state index < -0.39 is 16.9 Å². The van der Waals surface area contributed by atoms with Crippen LogP contribution in [0.25, 0.3) is 0 Å². The van der Waals surface area contributed by atoms with Gasteiger partial charge >= 0.3 is 5.97 Å². The molecule has 1 atom stereocenters. The Kier molecular flexibility index (Phi) is 3.84. The predicted octanol–water partition coefficient (Wildman–Crippen LogP) is 1.91.